The average Bonchev–Trinajstić information content (AvgIpc) is 3.14. The number of rotatable bonds is 5. The predicted molar refractivity (Wildman–Crippen MR) is 76.9 cm³/mol. The molecule has 1 aliphatic carbocycles. The first-order valence-electron chi connectivity index (χ1n) is 7.10. The van der Waals surface area contributed by atoms with Gasteiger partial charge in [0.1, 0.15) is 0 Å². The molecule has 2 rings (SSSR count). The van der Waals surface area contributed by atoms with E-state index in [0.29, 0.717) is 25.8 Å². The fourth-order valence-corrected chi connectivity index (χ4v) is 2.55. The highest BCUT2D eigenvalue weighted by molar-refractivity contribution is 5.80. The van der Waals surface area contributed by atoms with Crippen molar-refractivity contribution >= 4 is 18.3 Å². The van der Waals surface area contributed by atoms with E-state index in [1.807, 2.05) is 11.5 Å². The van der Waals surface area contributed by atoms with E-state index in [0.717, 1.165) is 12.2 Å². The van der Waals surface area contributed by atoms with E-state index >= 15 is 0 Å². The minimum atomic E-state index is -0.792. The molecule has 1 aromatic heterocycles. The van der Waals surface area contributed by atoms with Crippen LogP contribution in [0.5, 0.6) is 0 Å². The van der Waals surface area contributed by atoms with Crippen LogP contribution in [0.25, 0.3) is 0 Å². The van der Waals surface area contributed by atoms with Gasteiger partial charge in [0.15, 0.2) is 0 Å². The summed E-state index contributed by atoms with van der Waals surface area (Å²) in [4.78, 5) is 35.2. The Balaban J connectivity index is 0.000000745. The first-order chi connectivity index (χ1) is 10.5. The molecule has 1 heterocycles. The van der Waals surface area contributed by atoms with Gasteiger partial charge in [-0.05, 0) is 26.2 Å². The summed E-state index contributed by atoms with van der Waals surface area (Å²) < 4.78 is 1.97. The lowest BCUT2D eigenvalue weighted by Crippen LogP contribution is -2.30. The van der Waals surface area contributed by atoms with E-state index in [-0.39, 0.29) is 24.2 Å². The Morgan fingerprint density at radius 2 is 2.09 bits per heavy atom. The molecule has 2 atom stereocenters. The smallest absolute Gasteiger partial charge is 0.306 e. The molecule has 1 fully saturated rings. The van der Waals surface area contributed by atoms with Crippen LogP contribution in [0.15, 0.2) is 12.5 Å². The van der Waals surface area contributed by atoms with Gasteiger partial charge in [0.25, 0.3) is 6.47 Å². The molecule has 0 bridgehead atoms. The normalized spacial score (nSPS) is 19.9. The molecular weight excluding hydrogens is 290 g/mol. The number of carbonyl (C=O) groups is 3. The second-order valence-corrected chi connectivity index (χ2v) is 5.04. The highest BCUT2D eigenvalue weighted by Crippen LogP contribution is 2.31. The Kier molecular flexibility index (Phi) is 7.07. The van der Waals surface area contributed by atoms with Crippen molar-refractivity contribution in [2.24, 2.45) is 11.8 Å². The number of amides is 1. The predicted octanol–water partition coefficient (Wildman–Crippen LogP) is 0.721. The number of aliphatic carboxylic acids is 1. The third-order valence-corrected chi connectivity index (χ3v) is 3.74. The van der Waals surface area contributed by atoms with Gasteiger partial charge in [-0.15, -0.1) is 0 Å². The van der Waals surface area contributed by atoms with Crippen LogP contribution in [0.2, 0.25) is 0 Å². The summed E-state index contributed by atoms with van der Waals surface area (Å²) in [6.07, 6.45) is 5.18. The molecule has 1 amide bonds. The standard InChI is InChI=1S/C13H19N3O3.CH2O2/c1-2-16-8-14-6-11(16)7-15-12(17)9-3-4-10(5-9)13(18)19;2-1-3/h6,8-10H,2-5,7H2,1H3,(H,15,17)(H,18,19);1H,(H,2,3)/t9-,10+;/m0./s1. The fraction of sp³-hybridized carbons (Fsp3) is 0.571. The molecule has 0 radical (unpaired) electrons. The van der Waals surface area contributed by atoms with Gasteiger partial charge in [-0.3, -0.25) is 14.4 Å². The lowest BCUT2D eigenvalue weighted by Gasteiger charge is -2.11. The monoisotopic (exact) mass is 311 g/mol. The highest BCUT2D eigenvalue weighted by Gasteiger charge is 2.33. The summed E-state index contributed by atoms with van der Waals surface area (Å²) in [7, 11) is 0. The van der Waals surface area contributed by atoms with Gasteiger partial charge < -0.3 is 20.1 Å². The van der Waals surface area contributed by atoms with Gasteiger partial charge in [0.05, 0.1) is 24.5 Å². The van der Waals surface area contributed by atoms with E-state index in [1.54, 1.807) is 12.5 Å². The maximum absolute atomic E-state index is 12.0. The van der Waals surface area contributed by atoms with E-state index in [2.05, 4.69) is 10.3 Å². The van der Waals surface area contributed by atoms with E-state index in [9.17, 15) is 9.59 Å². The van der Waals surface area contributed by atoms with Crippen molar-refractivity contribution in [3.8, 4) is 0 Å². The van der Waals surface area contributed by atoms with Crippen LogP contribution in [-0.4, -0.2) is 38.1 Å². The molecule has 0 aromatic carbocycles. The van der Waals surface area contributed by atoms with Crippen LogP contribution in [0.3, 0.4) is 0 Å². The van der Waals surface area contributed by atoms with Gasteiger partial charge in [0, 0.05) is 18.7 Å². The lowest BCUT2D eigenvalue weighted by atomic mass is 10.0. The zero-order valence-corrected chi connectivity index (χ0v) is 12.4. The molecule has 1 saturated carbocycles. The van der Waals surface area contributed by atoms with Gasteiger partial charge in [0.2, 0.25) is 5.91 Å². The number of nitrogens with one attached hydrogen (secondary N) is 1. The van der Waals surface area contributed by atoms with Crippen molar-refractivity contribution in [2.45, 2.75) is 39.3 Å². The molecule has 8 heteroatoms. The van der Waals surface area contributed by atoms with Crippen LogP contribution in [-0.2, 0) is 27.5 Å². The SMILES string of the molecule is CCn1cncc1CNC(=O)[C@H]1CC[C@@H](C(=O)O)C1.O=CO. The number of hydrogen-bond acceptors (Lipinski definition) is 4. The molecular formula is C14H21N3O5. The molecule has 0 spiro atoms. The summed E-state index contributed by atoms with van der Waals surface area (Å²) in [5, 5.41) is 18.7. The van der Waals surface area contributed by atoms with E-state index < -0.39 is 5.97 Å². The Bertz CT molecular complexity index is 514. The number of aryl methyl sites for hydroxylation is 1. The molecule has 0 aliphatic heterocycles. The third-order valence-electron chi connectivity index (χ3n) is 3.74. The van der Waals surface area contributed by atoms with Gasteiger partial charge in [-0.2, -0.15) is 0 Å². The van der Waals surface area contributed by atoms with Crippen LogP contribution in [0.1, 0.15) is 31.9 Å². The van der Waals surface area contributed by atoms with Crippen molar-refractivity contribution in [3.63, 3.8) is 0 Å². The number of hydrogen-bond donors (Lipinski definition) is 3. The maximum Gasteiger partial charge on any atom is 0.306 e. The van der Waals surface area contributed by atoms with Crippen LogP contribution in [0.4, 0.5) is 0 Å². The van der Waals surface area contributed by atoms with Crippen molar-refractivity contribution in [1.29, 1.82) is 0 Å². The number of nitrogens with zero attached hydrogens (tertiary/aromatic N) is 2. The van der Waals surface area contributed by atoms with E-state index in [1.165, 1.54) is 0 Å². The zero-order valence-electron chi connectivity index (χ0n) is 12.4. The van der Waals surface area contributed by atoms with Gasteiger partial charge in [-0.1, -0.05) is 0 Å². The van der Waals surface area contributed by atoms with Crippen molar-refractivity contribution in [2.75, 3.05) is 0 Å². The lowest BCUT2D eigenvalue weighted by molar-refractivity contribution is -0.141. The van der Waals surface area contributed by atoms with Crippen LogP contribution >= 0.6 is 0 Å². The van der Waals surface area contributed by atoms with Crippen LogP contribution < -0.4 is 5.32 Å². The first kappa shape index (κ1) is 17.7. The largest absolute Gasteiger partial charge is 0.483 e. The Morgan fingerprint density at radius 1 is 1.45 bits per heavy atom. The molecule has 3 N–H and O–H groups in total. The Morgan fingerprint density at radius 3 is 2.64 bits per heavy atom. The number of aromatic nitrogens is 2. The molecule has 8 nitrogen and oxygen atoms in total. The summed E-state index contributed by atoms with van der Waals surface area (Å²) >= 11 is 0. The minimum Gasteiger partial charge on any atom is -0.483 e. The summed E-state index contributed by atoms with van der Waals surface area (Å²) in [5.41, 5.74) is 0.962. The third kappa shape index (κ3) is 4.87. The average molecular weight is 311 g/mol. The number of carboxylic acid groups (broad SMARTS) is 2. The Labute approximate surface area is 128 Å². The van der Waals surface area contributed by atoms with Crippen molar-refractivity contribution < 1.29 is 24.6 Å². The first-order valence-corrected chi connectivity index (χ1v) is 7.10. The quantitative estimate of drug-likeness (QED) is 0.689. The topological polar surface area (TPSA) is 122 Å². The summed E-state index contributed by atoms with van der Waals surface area (Å²) in [6.45, 7) is 3.03. The second kappa shape index (κ2) is 8.81. The van der Waals surface area contributed by atoms with E-state index in [4.69, 9.17) is 15.0 Å². The summed E-state index contributed by atoms with van der Waals surface area (Å²) in [5.74, 6) is -1.37. The zero-order chi connectivity index (χ0) is 16.5. The highest BCUT2D eigenvalue weighted by atomic mass is 16.4. The molecule has 1 aromatic rings. The number of carboxylic acids is 1. The maximum atomic E-state index is 12.0. The van der Waals surface area contributed by atoms with Crippen molar-refractivity contribution in [3.05, 3.63) is 18.2 Å². The molecule has 122 valence electrons. The summed E-state index contributed by atoms with van der Waals surface area (Å²) in [6, 6.07) is 0. The second-order valence-electron chi connectivity index (χ2n) is 5.04. The minimum absolute atomic E-state index is 0.0485. The fourth-order valence-electron chi connectivity index (χ4n) is 2.55. The Hall–Kier alpha value is -2.38. The molecule has 0 unspecified atom stereocenters. The number of carbonyl (C=O) groups excluding carboxylic acids is 1. The number of imidazole rings is 1. The molecule has 22 heavy (non-hydrogen) atoms. The molecule has 1 aliphatic rings. The van der Waals surface area contributed by atoms with Gasteiger partial charge in [-0.25, -0.2) is 4.98 Å². The van der Waals surface area contributed by atoms with Crippen molar-refractivity contribution in [1.82, 2.24) is 14.9 Å². The molecule has 0 saturated heterocycles. The van der Waals surface area contributed by atoms with Gasteiger partial charge >= 0.3 is 5.97 Å². The van der Waals surface area contributed by atoms with Crippen LogP contribution in [0, 0.1) is 11.8 Å².